The third-order valence-electron chi connectivity index (χ3n) is 5.33. The summed E-state index contributed by atoms with van der Waals surface area (Å²) in [6, 6.07) is 10.1. The monoisotopic (exact) mass is 480 g/mol. The lowest BCUT2D eigenvalue weighted by molar-refractivity contribution is 0.732. The fourth-order valence-corrected chi connectivity index (χ4v) is 4.41. The minimum absolute atomic E-state index is 0.0788. The number of nitrogens with two attached hydrogens (primary N) is 1. The van der Waals surface area contributed by atoms with Crippen molar-refractivity contribution in [3.63, 3.8) is 0 Å². The third kappa shape index (κ3) is 3.55. The zero-order valence-electron chi connectivity index (χ0n) is 17.6. The summed E-state index contributed by atoms with van der Waals surface area (Å²) in [6.45, 7) is 3.71. The molecule has 3 aromatic heterocycles. The maximum absolute atomic E-state index is 13.8. The molecule has 0 bridgehead atoms. The molecule has 0 fully saturated rings. The van der Waals surface area contributed by atoms with Crippen molar-refractivity contribution in [3.8, 4) is 5.69 Å². The second kappa shape index (κ2) is 8.02. The lowest BCUT2D eigenvalue weighted by Crippen LogP contribution is -2.28. The molecule has 0 amide bonds. The number of rotatable bonds is 4. The van der Waals surface area contributed by atoms with Gasteiger partial charge in [0.2, 0.25) is 5.95 Å². The van der Waals surface area contributed by atoms with Gasteiger partial charge in [-0.05, 0) is 37.6 Å². The number of imidazole rings is 1. The predicted molar refractivity (Wildman–Crippen MR) is 130 cm³/mol. The van der Waals surface area contributed by atoms with Crippen LogP contribution < -0.4 is 16.6 Å². The first-order valence-corrected chi connectivity index (χ1v) is 10.8. The molecule has 0 radical (unpaired) electrons. The highest BCUT2D eigenvalue weighted by molar-refractivity contribution is 6.37. The number of nitrogens with zero attached hydrogens (tertiary/aromatic N) is 5. The number of hydrogen-bond donors (Lipinski definition) is 3. The Hall–Kier alpha value is -3.69. The molecule has 1 atom stereocenters. The SMILES string of the molecule is Cc1cccc2nc(C(C)Nc3nc(N)nc4[nH]cnc34)n(-c3c(Cl)cccc3Cl)c(=O)c12. The number of H-pyrrole nitrogens is 1. The van der Waals surface area contributed by atoms with Crippen molar-refractivity contribution >= 4 is 57.0 Å². The van der Waals surface area contributed by atoms with E-state index in [1.807, 2.05) is 26.0 Å². The first kappa shape index (κ1) is 21.2. The average molecular weight is 481 g/mol. The van der Waals surface area contributed by atoms with Crippen LogP contribution in [0.4, 0.5) is 11.8 Å². The highest BCUT2D eigenvalue weighted by Gasteiger charge is 2.23. The minimum Gasteiger partial charge on any atom is -0.368 e. The Balaban J connectivity index is 1.76. The first-order valence-electron chi connectivity index (χ1n) is 10.0. The topological polar surface area (TPSA) is 127 Å². The highest BCUT2D eigenvalue weighted by atomic mass is 35.5. The number of benzene rings is 2. The number of hydrogen-bond acceptors (Lipinski definition) is 7. The molecule has 0 saturated heterocycles. The van der Waals surface area contributed by atoms with E-state index in [2.05, 4.69) is 25.3 Å². The van der Waals surface area contributed by atoms with E-state index in [0.717, 1.165) is 5.56 Å². The van der Waals surface area contributed by atoms with Crippen molar-refractivity contribution in [2.45, 2.75) is 19.9 Å². The van der Waals surface area contributed by atoms with E-state index in [4.69, 9.17) is 33.9 Å². The Labute approximate surface area is 197 Å². The number of para-hydroxylation sites is 1. The molecule has 3 heterocycles. The molecular formula is C22H18Cl2N8O. The van der Waals surface area contributed by atoms with Crippen LogP contribution in [0.2, 0.25) is 10.0 Å². The molecule has 2 aromatic carbocycles. The third-order valence-corrected chi connectivity index (χ3v) is 5.94. The van der Waals surface area contributed by atoms with Crippen molar-refractivity contribution in [2.24, 2.45) is 0 Å². The number of aromatic nitrogens is 6. The van der Waals surface area contributed by atoms with Gasteiger partial charge in [-0.25, -0.2) is 9.97 Å². The largest absolute Gasteiger partial charge is 0.368 e. The Morgan fingerprint density at radius 1 is 1.09 bits per heavy atom. The molecule has 0 spiro atoms. The van der Waals surface area contributed by atoms with Crippen molar-refractivity contribution in [1.29, 1.82) is 0 Å². The summed E-state index contributed by atoms with van der Waals surface area (Å²) in [5, 5.41) is 4.41. The molecule has 1 unspecified atom stereocenters. The molecular weight excluding hydrogens is 463 g/mol. The predicted octanol–water partition coefficient (Wildman–Crippen LogP) is 4.42. The van der Waals surface area contributed by atoms with Crippen LogP contribution in [0.15, 0.2) is 47.5 Å². The number of anilines is 2. The van der Waals surface area contributed by atoms with E-state index in [-0.39, 0.29) is 11.5 Å². The van der Waals surface area contributed by atoms with Gasteiger partial charge in [0.25, 0.3) is 5.56 Å². The lowest BCUT2D eigenvalue weighted by Gasteiger charge is -2.21. The van der Waals surface area contributed by atoms with Crippen LogP contribution in [0.1, 0.15) is 24.4 Å². The summed E-state index contributed by atoms with van der Waals surface area (Å²) in [4.78, 5) is 34.2. The van der Waals surface area contributed by atoms with Gasteiger partial charge in [0.05, 0.1) is 39.0 Å². The Kier molecular flexibility index (Phi) is 5.15. The molecule has 33 heavy (non-hydrogen) atoms. The molecule has 9 nitrogen and oxygen atoms in total. The summed E-state index contributed by atoms with van der Waals surface area (Å²) < 4.78 is 1.45. The molecule has 5 aromatic rings. The highest BCUT2D eigenvalue weighted by Crippen LogP contribution is 2.31. The summed E-state index contributed by atoms with van der Waals surface area (Å²) in [7, 11) is 0. The maximum atomic E-state index is 13.8. The van der Waals surface area contributed by atoms with Crippen molar-refractivity contribution < 1.29 is 0 Å². The number of fused-ring (bicyclic) bond motifs is 2. The van der Waals surface area contributed by atoms with Gasteiger partial charge in [0.1, 0.15) is 11.3 Å². The zero-order chi connectivity index (χ0) is 23.3. The smallest absolute Gasteiger partial charge is 0.266 e. The van der Waals surface area contributed by atoms with E-state index < -0.39 is 6.04 Å². The van der Waals surface area contributed by atoms with E-state index in [0.29, 0.717) is 49.4 Å². The van der Waals surface area contributed by atoms with Crippen LogP contribution in [0, 0.1) is 6.92 Å². The van der Waals surface area contributed by atoms with Gasteiger partial charge in [-0.3, -0.25) is 9.36 Å². The molecule has 11 heteroatoms. The van der Waals surface area contributed by atoms with Crippen LogP contribution in [0.25, 0.3) is 27.8 Å². The molecule has 0 aliphatic heterocycles. The number of halogens is 2. The Bertz CT molecular complexity index is 1570. The second-order valence-corrected chi connectivity index (χ2v) is 8.36. The van der Waals surface area contributed by atoms with E-state index >= 15 is 0 Å². The van der Waals surface area contributed by atoms with E-state index in [1.54, 1.807) is 24.3 Å². The summed E-state index contributed by atoms with van der Waals surface area (Å²) in [6.07, 6.45) is 1.51. The number of nitrogens with one attached hydrogen (secondary N) is 2. The fraction of sp³-hybridized carbons (Fsp3) is 0.136. The van der Waals surface area contributed by atoms with Crippen molar-refractivity contribution in [2.75, 3.05) is 11.1 Å². The van der Waals surface area contributed by atoms with Gasteiger partial charge in [-0.15, -0.1) is 0 Å². The first-order chi connectivity index (χ1) is 15.8. The maximum Gasteiger partial charge on any atom is 0.266 e. The molecule has 166 valence electrons. The summed E-state index contributed by atoms with van der Waals surface area (Å²) >= 11 is 13.0. The van der Waals surface area contributed by atoms with Gasteiger partial charge < -0.3 is 16.0 Å². The number of aromatic amines is 1. The van der Waals surface area contributed by atoms with Gasteiger partial charge in [-0.2, -0.15) is 9.97 Å². The molecule has 4 N–H and O–H groups in total. The van der Waals surface area contributed by atoms with Crippen LogP contribution in [0.3, 0.4) is 0 Å². The lowest BCUT2D eigenvalue weighted by atomic mass is 10.1. The Morgan fingerprint density at radius 2 is 1.82 bits per heavy atom. The van der Waals surface area contributed by atoms with Gasteiger partial charge in [0, 0.05) is 0 Å². The average Bonchev–Trinajstić information content (AvgIpc) is 3.23. The number of nitrogen functional groups attached to an aromatic ring is 1. The molecule has 0 saturated carbocycles. The quantitative estimate of drug-likeness (QED) is 0.347. The van der Waals surface area contributed by atoms with Gasteiger partial charge >= 0.3 is 0 Å². The van der Waals surface area contributed by atoms with Crippen LogP contribution in [0.5, 0.6) is 0 Å². The van der Waals surface area contributed by atoms with Crippen molar-refractivity contribution in [3.05, 3.63) is 74.5 Å². The van der Waals surface area contributed by atoms with Crippen LogP contribution in [-0.4, -0.2) is 29.5 Å². The normalized spacial score (nSPS) is 12.4. The summed E-state index contributed by atoms with van der Waals surface area (Å²) in [5.74, 6) is 0.880. The van der Waals surface area contributed by atoms with Crippen LogP contribution >= 0.6 is 23.2 Å². The molecule has 5 rings (SSSR count). The van der Waals surface area contributed by atoms with Gasteiger partial charge in [0.15, 0.2) is 11.5 Å². The molecule has 0 aliphatic rings. The fourth-order valence-electron chi connectivity index (χ4n) is 3.85. The van der Waals surface area contributed by atoms with E-state index in [1.165, 1.54) is 10.9 Å². The summed E-state index contributed by atoms with van der Waals surface area (Å²) in [5.41, 5.74) is 8.31. The van der Waals surface area contributed by atoms with Gasteiger partial charge in [-0.1, -0.05) is 41.4 Å². The standard InChI is InChI=1S/C22H18Cl2N8O/c1-10-5-3-8-14-15(10)21(33)32(17-12(23)6-4-7-13(17)24)20(29-14)11(2)28-19-16-18(27-9-26-16)30-22(25)31-19/h3-9,11H,1-2H3,(H4,25,26,27,28,30,31). The van der Waals surface area contributed by atoms with Crippen LogP contribution in [-0.2, 0) is 0 Å². The van der Waals surface area contributed by atoms with E-state index in [9.17, 15) is 4.79 Å². The second-order valence-electron chi connectivity index (χ2n) is 7.55. The molecule has 0 aliphatic carbocycles. The van der Waals surface area contributed by atoms with Crippen molar-refractivity contribution in [1.82, 2.24) is 29.5 Å². The zero-order valence-corrected chi connectivity index (χ0v) is 19.1. The number of aryl methyl sites for hydroxylation is 1. The Morgan fingerprint density at radius 3 is 2.58 bits per heavy atom. The minimum atomic E-state index is -0.510.